The first-order chi connectivity index (χ1) is 13.3. The van der Waals surface area contributed by atoms with Gasteiger partial charge in [-0.1, -0.05) is 65.0 Å². The van der Waals surface area contributed by atoms with Crippen LogP contribution in [0.15, 0.2) is 69.9 Å². The lowest BCUT2D eigenvalue weighted by Crippen LogP contribution is -2.52. The van der Waals surface area contributed by atoms with Crippen LogP contribution in [-0.2, 0) is 9.47 Å². The van der Waals surface area contributed by atoms with Crippen molar-refractivity contribution in [2.24, 2.45) is 5.41 Å². The summed E-state index contributed by atoms with van der Waals surface area (Å²) < 4.78 is 13.4. The van der Waals surface area contributed by atoms with E-state index in [9.17, 15) is 0 Å². The molecule has 0 amide bonds. The second-order valence-electron chi connectivity index (χ2n) is 8.85. The minimum atomic E-state index is -0.758. The predicted octanol–water partition coefficient (Wildman–Crippen LogP) is 6.98. The molecule has 0 atom stereocenters. The second kappa shape index (κ2) is 8.00. The van der Waals surface area contributed by atoms with Gasteiger partial charge in [0.15, 0.2) is 0 Å². The van der Waals surface area contributed by atoms with Gasteiger partial charge in [-0.25, -0.2) is 0 Å². The van der Waals surface area contributed by atoms with Gasteiger partial charge in [0.25, 0.3) is 0 Å². The Kier molecular flexibility index (Phi) is 6.03. The number of ether oxygens (including phenoxy) is 2. The van der Waals surface area contributed by atoms with E-state index in [1.165, 1.54) is 39.0 Å². The van der Waals surface area contributed by atoms with Gasteiger partial charge in [0.05, 0.1) is 13.2 Å². The molecule has 2 nitrogen and oxygen atoms in total. The molecule has 0 aromatic carbocycles. The number of fused-ring (bicyclic) bond motifs is 2. The van der Waals surface area contributed by atoms with E-state index in [4.69, 9.17) is 9.47 Å². The highest BCUT2D eigenvalue weighted by Crippen LogP contribution is 2.53. The molecule has 0 aromatic rings. The Bertz CT molecular complexity index is 801. The Morgan fingerprint density at radius 1 is 1.14 bits per heavy atom. The molecule has 1 heterocycles. The fourth-order valence-corrected chi connectivity index (χ4v) is 4.75. The zero-order valence-corrected chi connectivity index (χ0v) is 18.6. The van der Waals surface area contributed by atoms with Crippen molar-refractivity contribution in [3.8, 4) is 0 Å². The van der Waals surface area contributed by atoms with Gasteiger partial charge < -0.3 is 9.47 Å². The standard InChI is InChI=1S/C26H36O2/c1-8-13-22-20(10-3)21(11-4)24-19(9-2)18(5)14-12-15-23(24)26(22)27-16-25(6,7)17-28-26/h9,11,14-15H,4,8,10,12-13,16-17H2,1-3,5-7H3/b19-9-. The molecule has 0 aromatic heterocycles. The monoisotopic (exact) mass is 380 g/mol. The number of allylic oxidation sites excluding steroid dienone is 8. The van der Waals surface area contributed by atoms with Crippen LogP contribution in [0.25, 0.3) is 0 Å². The lowest BCUT2D eigenvalue weighted by Gasteiger charge is -2.49. The third kappa shape index (κ3) is 3.31. The van der Waals surface area contributed by atoms with Gasteiger partial charge in [-0.15, -0.1) is 0 Å². The highest BCUT2D eigenvalue weighted by Gasteiger charge is 2.51. The molecule has 3 rings (SSSR count). The van der Waals surface area contributed by atoms with Gasteiger partial charge in [0.1, 0.15) is 0 Å². The molecule has 0 unspecified atom stereocenters. The molecular weight excluding hydrogens is 344 g/mol. The van der Waals surface area contributed by atoms with Crippen molar-refractivity contribution < 1.29 is 9.47 Å². The van der Waals surface area contributed by atoms with Crippen LogP contribution in [0, 0.1) is 5.41 Å². The Labute approximate surface area is 171 Å². The third-order valence-corrected chi connectivity index (χ3v) is 6.10. The minimum absolute atomic E-state index is 0.0282. The van der Waals surface area contributed by atoms with E-state index in [2.05, 4.69) is 66.3 Å². The zero-order chi connectivity index (χ0) is 20.5. The van der Waals surface area contributed by atoms with Gasteiger partial charge in [-0.3, -0.25) is 0 Å². The molecule has 0 radical (unpaired) electrons. The SMILES string of the molecule is C=CC1=C2C(=CCC=C(C)/C2=C/C)C2(OCC(C)(C)CO2)C(CCC)=C1CC. The molecule has 0 saturated carbocycles. The molecule has 0 bridgehead atoms. The van der Waals surface area contributed by atoms with Gasteiger partial charge >= 0.3 is 0 Å². The lowest BCUT2D eigenvalue weighted by molar-refractivity contribution is -0.258. The summed E-state index contributed by atoms with van der Waals surface area (Å²) in [5.41, 5.74) is 8.94. The molecule has 2 heteroatoms. The number of rotatable bonds is 4. The normalized spacial score (nSPS) is 25.4. The molecule has 1 spiro atoms. The van der Waals surface area contributed by atoms with E-state index in [1.807, 2.05) is 6.08 Å². The van der Waals surface area contributed by atoms with Gasteiger partial charge in [0.2, 0.25) is 5.79 Å². The molecule has 1 aliphatic heterocycles. The lowest BCUT2D eigenvalue weighted by atomic mass is 9.72. The summed E-state index contributed by atoms with van der Waals surface area (Å²) in [6.45, 7) is 18.8. The fraction of sp³-hybridized carbons (Fsp3) is 0.538. The first-order valence-corrected chi connectivity index (χ1v) is 10.8. The van der Waals surface area contributed by atoms with E-state index in [-0.39, 0.29) is 5.41 Å². The minimum Gasteiger partial charge on any atom is -0.342 e. The molecule has 1 saturated heterocycles. The maximum Gasteiger partial charge on any atom is 0.219 e. The molecule has 3 aliphatic rings. The second-order valence-corrected chi connectivity index (χ2v) is 8.85. The Morgan fingerprint density at radius 2 is 1.82 bits per heavy atom. The van der Waals surface area contributed by atoms with Crippen molar-refractivity contribution >= 4 is 0 Å². The van der Waals surface area contributed by atoms with Crippen molar-refractivity contribution in [3.63, 3.8) is 0 Å². The highest BCUT2D eigenvalue weighted by atomic mass is 16.7. The van der Waals surface area contributed by atoms with Crippen molar-refractivity contribution in [1.82, 2.24) is 0 Å². The molecule has 2 aliphatic carbocycles. The fourth-order valence-electron chi connectivity index (χ4n) is 4.75. The van der Waals surface area contributed by atoms with E-state index >= 15 is 0 Å². The van der Waals surface area contributed by atoms with Crippen LogP contribution in [0.1, 0.15) is 67.2 Å². The highest BCUT2D eigenvalue weighted by molar-refractivity contribution is 5.71. The third-order valence-electron chi connectivity index (χ3n) is 6.10. The molecule has 0 N–H and O–H groups in total. The summed E-state index contributed by atoms with van der Waals surface area (Å²) in [5.74, 6) is -0.758. The van der Waals surface area contributed by atoms with Crippen molar-refractivity contribution in [3.05, 3.63) is 69.9 Å². The molecule has 28 heavy (non-hydrogen) atoms. The largest absolute Gasteiger partial charge is 0.342 e. The first-order valence-electron chi connectivity index (χ1n) is 10.8. The maximum atomic E-state index is 6.70. The van der Waals surface area contributed by atoms with Crippen LogP contribution in [0.2, 0.25) is 0 Å². The summed E-state index contributed by atoms with van der Waals surface area (Å²) in [6, 6.07) is 0. The van der Waals surface area contributed by atoms with Crippen LogP contribution in [0.5, 0.6) is 0 Å². The number of hydrogen-bond donors (Lipinski definition) is 0. The number of hydrogen-bond acceptors (Lipinski definition) is 2. The van der Waals surface area contributed by atoms with Gasteiger partial charge in [0, 0.05) is 11.0 Å². The van der Waals surface area contributed by atoms with Crippen molar-refractivity contribution in [2.75, 3.05) is 13.2 Å². The van der Waals surface area contributed by atoms with Crippen LogP contribution >= 0.6 is 0 Å². The quantitative estimate of drug-likeness (QED) is 0.524. The van der Waals surface area contributed by atoms with E-state index in [1.54, 1.807) is 0 Å². The average molecular weight is 381 g/mol. The first kappa shape index (κ1) is 21.1. The Hall–Kier alpha value is -1.64. The van der Waals surface area contributed by atoms with E-state index < -0.39 is 5.79 Å². The van der Waals surface area contributed by atoms with Crippen molar-refractivity contribution in [1.29, 1.82) is 0 Å². The summed E-state index contributed by atoms with van der Waals surface area (Å²) in [4.78, 5) is 0. The maximum absolute atomic E-state index is 6.70. The van der Waals surface area contributed by atoms with Crippen LogP contribution in [-0.4, -0.2) is 19.0 Å². The van der Waals surface area contributed by atoms with Crippen LogP contribution in [0.4, 0.5) is 0 Å². The summed E-state index contributed by atoms with van der Waals surface area (Å²) in [7, 11) is 0. The van der Waals surface area contributed by atoms with E-state index in [0.29, 0.717) is 13.2 Å². The summed E-state index contributed by atoms with van der Waals surface area (Å²) >= 11 is 0. The average Bonchev–Trinajstić information content (AvgIpc) is 2.84. The molecular formula is C26H36O2. The topological polar surface area (TPSA) is 18.5 Å². The Balaban J connectivity index is 2.33. The molecule has 152 valence electrons. The molecule has 1 fully saturated rings. The van der Waals surface area contributed by atoms with Crippen LogP contribution < -0.4 is 0 Å². The van der Waals surface area contributed by atoms with Gasteiger partial charge in [-0.2, -0.15) is 0 Å². The predicted molar refractivity (Wildman–Crippen MR) is 118 cm³/mol. The van der Waals surface area contributed by atoms with Crippen LogP contribution in [0.3, 0.4) is 0 Å². The van der Waals surface area contributed by atoms with Gasteiger partial charge in [-0.05, 0) is 66.5 Å². The zero-order valence-electron chi connectivity index (χ0n) is 18.6. The van der Waals surface area contributed by atoms with Crippen molar-refractivity contribution in [2.45, 2.75) is 73.0 Å². The van der Waals surface area contributed by atoms with E-state index in [0.717, 1.165) is 25.7 Å². The smallest absolute Gasteiger partial charge is 0.219 e. The Morgan fingerprint density at radius 3 is 2.36 bits per heavy atom. The summed E-state index contributed by atoms with van der Waals surface area (Å²) in [5, 5.41) is 0. The summed E-state index contributed by atoms with van der Waals surface area (Å²) in [6.07, 6.45) is 12.8.